The molecule has 2 aromatic rings. The highest BCUT2D eigenvalue weighted by Gasteiger charge is 2.07. The fraction of sp³-hybridized carbons (Fsp3) is 0.250. The minimum Gasteiger partial charge on any atom is -0.326 e. The lowest BCUT2D eigenvalue weighted by atomic mass is 10.3. The van der Waals surface area contributed by atoms with E-state index < -0.39 is 0 Å². The SMILES string of the molecule is Cc1c(F)[nH]c2nc(=S)n(C)cc12. The van der Waals surface area contributed by atoms with E-state index in [1.807, 2.05) is 0 Å². The summed E-state index contributed by atoms with van der Waals surface area (Å²) in [6, 6.07) is 0. The lowest BCUT2D eigenvalue weighted by molar-refractivity contribution is 0.586. The van der Waals surface area contributed by atoms with Gasteiger partial charge in [0.05, 0.1) is 0 Å². The van der Waals surface area contributed by atoms with Gasteiger partial charge in [0.25, 0.3) is 0 Å². The van der Waals surface area contributed by atoms with Gasteiger partial charge in [-0.1, -0.05) is 0 Å². The topological polar surface area (TPSA) is 33.6 Å². The summed E-state index contributed by atoms with van der Waals surface area (Å²) in [6.45, 7) is 1.71. The number of hydrogen-bond acceptors (Lipinski definition) is 2. The quantitative estimate of drug-likeness (QED) is 0.656. The van der Waals surface area contributed by atoms with Gasteiger partial charge in [0, 0.05) is 24.2 Å². The van der Waals surface area contributed by atoms with E-state index in [0.717, 1.165) is 5.39 Å². The molecule has 0 aromatic carbocycles. The Balaban J connectivity index is 2.97. The normalized spacial score (nSPS) is 11.0. The molecule has 0 amide bonds. The zero-order chi connectivity index (χ0) is 9.59. The van der Waals surface area contributed by atoms with Crippen LogP contribution in [0.2, 0.25) is 0 Å². The van der Waals surface area contributed by atoms with Gasteiger partial charge < -0.3 is 9.55 Å². The summed E-state index contributed by atoms with van der Waals surface area (Å²) in [6.07, 6.45) is 1.78. The van der Waals surface area contributed by atoms with E-state index in [2.05, 4.69) is 9.97 Å². The van der Waals surface area contributed by atoms with Crippen molar-refractivity contribution in [1.29, 1.82) is 0 Å². The molecule has 0 atom stereocenters. The first-order chi connectivity index (χ1) is 6.09. The van der Waals surface area contributed by atoms with E-state index in [9.17, 15) is 4.39 Å². The standard InChI is InChI=1S/C8H8FN3S/c1-4-5-3-12(2)8(13)11-7(5)10-6(4)9/h3H,1-2H3,(H,10,11,13). The van der Waals surface area contributed by atoms with Gasteiger partial charge in [0.15, 0.2) is 5.95 Å². The smallest absolute Gasteiger partial charge is 0.201 e. The Kier molecular flexibility index (Phi) is 1.69. The molecule has 2 rings (SSSR count). The average molecular weight is 197 g/mol. The molecule has 0 aliphatic rings. The molecule has 0 saturated carbocycles. The third kappa shape index (κ3) is 1.16. The number of halogens is 1. The second-order valence-corrected chi connectivity index (χ2v) is 3.33. The second-order valence-electron chi connectivity index (χ2n) is 2.96. The molecule has 2 aromatic heterocycles. The molecule has 0 radical (unpaired) electrons. The Morgan fingerprint density at radius 3 is 3.00 bits per heavy atom. The number of nitrogens with zero attached hydrogens (tertiary/aromatic N) is 2. The third-order valence-electron chi connectivity index (χ3n) is 2.05. The molecule has 5 heteroatoms. The Morgan fingerprint density at radius 2 is 2.31 bits per heavy atom. The average Bonchev–Trinajstić information content (AvgIpc) is 2.32. The first kappa shape index (κ1) is 8.37. The summed E-state index contributed by atoms with van der Waals surface area (Å²) in [7, 11) is 1.79. The van der Waals surface area contributed by atoms with Gasteiger partial charge >= 0.3 is 0 Å². The molecule has 0 unspecified atom stereocenters. The van der Waals surface area contributed by atoms with E-state index in [1.165, 1.54) is 0 Å². The van der Waals surface area contributed by atoms with Crippen LogP contribution in [0.4, 0.5) is 4.39 Å². The van der Waals surface area contributed by atoms with Gasteiger partial charge in [-0.15, -0.1) is 0 Å². The van der Waals surface area contributed by atoms with Crippen molar-refractivity contribution in [3.63, 3.8) is 0 Å². The zero-order valence-electron chi connectivity index (χ0n) is 7.26. The van der Waals surface area contributed by atoms with Crippen LogP contribution in [0.15, 0.2) is 6.20 Å². The molecule has 0 aliphatic heterocycles. The molecule has 0 aliphatic carbocycles. The number of nitrogens with one attached hydrogen (secondary N) is 1. The van der Waals surface area contributed by atoms with Gasteiger partial charge in [0.1, 0.15) is 5.65 Å². The number of rotatable bonds is 0. The van der Waals surface area contributed by atoms with Crippen LogP contribution in [0.25, 0.3) is 11.0 Å². The third-order valence-corrected chi connectivity index (χ3v) is 2.43. The van der Waals surface area contributed by atoms with Crippen molar-refractivity contribution in [2.45, 2.75) is 6.92 Å². The summed E-state index contributed by atoms with van der Waals surface area (Å²) in [5.41, 5.74) is 1.09. The van der Waals surface area contributed by atoms with E-state index in [4.69, 9.17) is 12.2 Å². The highest BCUT2D eigenvalue weighted by Crippen LogP contribution is 2.17. The molecule has 68 valence electrons. The number of aryl methyl sites for hydroxylation is 2. The Morgan fingerprint density at radius 1 is 1.62 bits per heavy atom. The van der Waals surface area contributed by atoms with Crippen LogP contribution in [0.5, 0.6) is 0 Å². The minimum atomic E-state index is -0.344. The number of aromatic nitrogens is 3. The van der Waals surface area contributed by atoms with Crippen LogP contribution in [-0.4, -0.2) is 14.5 Å². The fourth-order valence-corrected chi connectivity index (χ4v) is 1.37. The molecule has 13 heavy (non-hydrogen) atoms. The van der Waals surface area contributed by atoms with Gasteiger partial charge in [-0.05, 0) is 19.1 Å². The lowest BCUT2D eigenvalue weighted by Gasteiger charge is -1.97. The van der Waals surface area contributed by atoms with Crippen molar-refractivity contribution in [3.8, 4) is 0 Å². The van der Waals surface area contributed by atoms with Crippen LogP contribution in [0.1, 0.15) is 5.56 Å². The van der Waals surface area contributed by atoms with Gasteiger partial charge in [-0.25, -0.2) is 4.98 Å². The van der Waals surface area contributed by atoms with Crippen LogP contribution in [0.3, 0.4) is 0 Å². The fourth-order valence-electron chi connectivity index (χ4n) is 1.23. The lowest BCUT2D eigenvalue weighted by Crippen LogP contribution is -1.94. The number of aromatic amines is 1. The molecule has 2 heterocycles. The number of fused-ring (bicyclic) bond motifs is 1. The molecular formula is C8H8FN3S. The van der Waals surface area contributed by atoms with Gasteiger partial charge in [0.2, 0.25) is 4.77 Å². The largest absolute Gasteiger partial charge is 0.326 e. The maximum Gasteiger partial charge on any atom is 0.201 e. The number of H-pyrrole nitrogens is 1. The molecule has 0 bridgehead atoms. The number of hydrogen-bond donors (Lipinski definition) is 1. The van der Waals surface area contributed by atoms with Crippen LogP contribution in [0, 0.1) is 17.6 Å². The van der Waals surface area contributed by atoms with E-state index >= 15 is 0 Å². The monoisotopic (exact) mass is 197 g/mol. The summed E-state index contributed by atoms with van der Waals surface area (Å²) in [4.78, 5) is 6.58. The first-order valence-corrected chi connectivity index (χ1v) is 4.22. The van der Waals surface area contributed by atoms with E-state index in [1.54, 1.807) is 24.7 Å². The zero-order valence-corrected chi connectivity index (χ0v) is 8.07. The van der Waals surface area contributed by atoms with Gasteiger partial charge in [-0.2, -0.15) is 4.39 Å². The second kappa shape index (κ2) is 2.63. The van der Waals surface area contributed by atoms with Gasteiger partial charge in [-0.3, -0.25) is 0 Å². The Bertz CT molecular complexity index is 526. The Hall–Kier alpha value is -1.23. The Labute approximate surface area is 79.2 Å². The minimum absolute atomic E-state index is 0.344. The summed E-state index contributed by atoms with van der Waals surface area (Å²) >= 11 is 4.94. The van der Waals surface area contributed by atoms with Crippen molar-refractivity contribution in [2.75, 3.05) is 0 Å². The molecule has 1 N–H and O–H groups in total. The predicted octanol–water partition coefficient (Wildman–Crippen LogP) is 2.08. The van der Waals surface area contributed by atoms with Crippen molar-refractivity contribution in [3.05, 3.63) is 22.5 Å². The summed E-state index contributed by atoms with van der Waals surface area (Å²) in [5.74, 6) is -0.344. The molecule has 0 saturated heterocycles. The summed E-state index contributed by atoms with van der Waals surface area (Å²) < 4.78 is 15.2. The predicted molar refractivity (Wildman–Crippen MR) is 50.6 cm³/mol. The summed E-state index contributed by atoms with van der Waals surface area (Å²) in [5, 5.41) is 0.772. The molecule has 0 spiro atoms. The highest BCUT2D eigenvalue weighted by molar-refractivity contribution is 7.71. The van der Waals surface area contributed by atoms with E-state index in [0.29, 0.717) is 16.0 Å². The van der Waals surface area contributed by atoms with E-state index in [-0.39, 0.29) is 5.95 Å². The van der Waals surface area contributed by atoms with Crippen LogP contribution >= 0.6 is 12.2 Å². The molecule has 3 nitrogen and oxygen atoms in total. The molecular weight excluding hydrogens is 189 g/mol. The highest BCUT2D eigenvalue weighted by atomic mass is 32.1. The van der Waals surface area contributed by atoms with Crippen molar-refractivity contribution in [1.82, 2.24) is 14.5 Å². The maximum absolute atomic E-state index is 13.1. The van der Waals surface area contributed by atoms with Crippen molar-refractivity contribution in [2.24, 2.45) is 7.05 Å². The molecule has 0 fully saturated rings. The maximum atomic E-state index is 13.1. The van der Waals surface area contributed by atoms with Crippen LogP contribution in [-0.2, 0) is 7.05 Å². The van der Waals surface area contributed by atoms with Crippen LogP contribution < -0.4 is 0 Å². The first-order valence-electron chi connectivity index (χ1n) is 3.81. The van der Waals surface area contributed by atoms with Crippen molar-refractivity contribution >= 4 is 23.3 Å². The van der Waals surface area contributed by atoms with Crippen molar-refractivity contribution < 1.29 is 4.39 Å².